The summed E-state index contributed by atoms with van der Waals surface area (Å²) in [7, 11) is 3.18. The molecule has 0 aliphatic carbocycles. The first-order valence-corrected chi connectivity index (χ1v) is 8.61. The molecule has 1 saturated heterocycles. The van der Waals surface area contributed by atoms with Crippen molar-refractivity contribution in [2.45, 2.75) is 19.3 Å². The van der Waals surface area contributed by atoms with Gasteiger partial charge in [-0.2, -0.15) is 0 Å². The van der Waals surface area contributed by atoms with Gasteiger partial charge < -0.3 is 14.4 Å². The van der Waals surface area contributed by atoms with Gasteiger partial charge in [-0.3, -0.25) is 9.78 Å². The highest BCUT2D eigenvalue weighted by Crippen LogP contribution is 2.26. The molecule has 0 unspecified atom stereocenters. The molecular formula is C20H24N2O3. The number of rotatable bonds is 5. The number of pyridine rings is 1. The molecule has 0 radical (unpaired) electrons. The van der Waals surface area contributed by atoms with E-state index in [1.807, 2.05) is 17.3 Å². The fourth-order valence-corrected chi connectivity index (χ4v) is 3.31. The van der Waals surface area contributed by atoms with Crippen LogP contribution in [-0.2, 0) is 6.42 Å². The van der Waals surface area contributed by atoms with Gasteiger partial charge in [0.25, 0.3) is 5.91 Å². The predicted octanol–water partition coefficient (Wildman–Crippen LogP) is 3.19. The Balaban J connectivity index is 1.62. The van der Waals surface area contributed by atoms with E-state index in [-0.39, 0.29) is 5.91 Å². The molecule has 2 aromatic rings. The molecule has 0 saturated carbocycles. The van der Waals surface area contributed by atoms with Crippen LogP contribution in [0.5, 0.6) is 11.5 Å². The molecule has 1 aromatic carbocycles. The minimum absolute atomic E-state index is 0.0413. The highest BCUT2D eigenvalue weighted by atomic mass is 16.5. The van der Waals surface area contributed by atoms with Gasteiger partial charge in [0.15, 0.2) is 0 Å². The maximum Gasteiger partial charge on any atom is 0.254 e. The molecule has 1 aliphatic rings. The number of nitrogens with zero attached hydrogens (tertiary/aromatic N) is 2. The van der Waals surface area contributed by atoms with Crippen LogP contribution < -0.4 is 9.47 Å². The normalized spacial score (nSPS) is 15.0. The number of amides is 1. The number of carbonyl (C=O) groups excluding carboxylic acids is 1. The van der Waals surface area contributed by atoms with E-state index in [0.717, 1.165) is 32.4 Å². The third kappa shape index (κ3) is 4.29. The van der Waals surface area contributed by atoms with E-state index in [4.69, 9.17) is 9.47 Å². The third-order valence-electron chi connectivity index (χ3n) is 4.77. The largest absolute Gasteiger partial charge is 0.497 e. The third-order valence-corrected chi connectivity index (χ3v) is 4.77. The SMILES string of the molecule is COc1cc(OC)cc(C(=O)N2CCC(Cc3ccncc3)CC2)c1. The van der Waals surface area contributed by atoms with E-state index in [1.165, 1.54) is 5.56 Å². The number of methoxy groups -OCH3 is 2. The van der Waals surface area contributed by atoms with E-state index >= 15 is 0 Å². The van der Waals surface area contributed by atoms with Crippen molar-refractivity contribution >= 4 is 5.91 Å². The van der Waals surface area contributed by atoms with Gasteiger partial charge in [0.05, 0.1) is 14.2 Å². The van der Waals surface area contributed by atoms with Crippen LogP contribution in [0.2, 0.25) is 0 Å². The maximum atomic E-state index is 12.8. The van der Waals surface area contributed by atoms with Crippen LogP contribution in [0, 0.1) is 5.92 Å². The number of ether oxygens (including phenoxy) is 2. The summed E-state index contributed by atoms with van der Waals surface area (Å²) in [5.41, 5.74) is 1.93. The van der Waals surface area contributed by atoms with E-state index in [1.54, 1.807) is 32.4 Å². The van der Waals surface area contributed by atoms with E-state index in [9.17, 15) is 4.79 Å². The van der Waals surface area contributed by atoms with E-state index < -0.39 is 0 Å². The molecule has 2 heterocycles. The Bertz CT molecular complexity index is 688. The monoisotopic (exact) mass is 340 g/mol. The number of hydrogen-bond donors (Lipinski definition) is 0. The lowest BCUT2D eigenvalue weighted by molar-refractivity contribution is 0.0690. The van der Waals surface area contributed by atoms with Crippen molar-refractivity contribution in [3.8, 4) is 11.5 Å². The maximum absolute atomic E-state index is 12.8. The molecule has 0 spiro atoms. The van der Waals surface area contributed by atoms with Crippen LogP contribution >= 0.6 is 0 Å². The Morgan fingerprint density at radius 2 is 1.68 bits per heavy atom. The highest BCUT2D eigenvalue weighted by molar-refractivity contribution is 5.95. The number of benzene rings is 1. The Hall–Kier alpha value is -2.56. The topological polar surface area (TPSA) is 51.7 Å². The molecule has 1 fully saturated rings. The lowest BCUT2D eigenvalue weighted by Gasteiger charge is -2.32. The Kier molecular flexibility index (Phi) is 5.53. The van der Waals surface area contributed by atoms with Crippen LogP contribution in [-0.4, -0.2) is 43.1 Å². The number of aromatic nitrogens is 1. The van der Waals surface area contributed by atoms with Gasteiger partial charge in [0.2, 0.25) is 0 Å². The average molecular weight is 340 g/mol. The summed E-state index contributed by atoms with van der Waals surface area (Å²) in [5.74, 6) is 1.93. The molecule has 1 aliphatic heterocycles. The van der Waals surface area contributed by atoms with Gasteiger partial charge in [-0.15, -0.1) is 0 Å². The summed E-state index contributed by atoms with van der Waals surface area (Å²) in [4.78, 5) is 18.8. The van der Waals surface area contributed by atoms with Crippen molar-refractivity contribution in [1.82, 2.24) is 9.88 Å². The Labute approximate surface area is 148 Å². The van der Waals surface area contributed by atoms with Crippen molar-refractivity contribution in [1.29, 1.82) is 0 Å². The minimum atomic E-state index is 0.0413. The number of hydrogen-bond acceptors (Lipinski definition) is 4. The van der Waals surface area contributed by atoms with Crippen LogP contribution in [0.25, 0.3) is 0 Å². The zero-order valence-electron chi connectivity index (χ0n) is 14.8. The fraction of sp³-hybridized carbons (Fsp3) is 0.400. The fourth-order valence-electron chi connectivity index (χ4n) is 3.31. The van der Waals surface area contributed by atoms with E-state index in [0.29, 0.717) is 23.0 Å². The Morgan fingerprint density at radius 1 is 1.08 bits per heavy atom. The highest BCUT2D eigenvalue weighted by Gasteiger charge is 2.24. The molecule has 3 rings (SSSR count). The standard InChI is InChI=1S/C20H24N2O3/c1-24-18-12-17(13-19(14-18)25-2)20(23)22-9-5-16(6-10-22)11-15-3-7-21-8-4-15/h3-4,7-8,12-14,16H,5-6,9-11H2,1-2H3. The second-order valence-corrected chi connectivity index (χ2v) is 6.40. The van der Waals surface area contributed by atoms with Crippen molar-refractivity contribution in [2.75, 3.05) is 27.3 Å². The first kappa shape index (κ1) is 17.3. The van der Waals surface area contributed by atoms with Gasteiger partial charge in [0.1, 0.15) is 11.5 Å². The summed E-state index contributed by atoms with van der Waals surface area (Å²) in [6, 6.07) is 9.46. The molecule has 1 amide bonds. The van der Waals surface area contributed by atoms with Crippen molar-refractivity contribution in [2.24, 2.45) is 5.92 Å². The quantitative estimate of drug-likeness (QED) is 0.839. The molecular weight excluding hydrogens is 316 g/mol. The van der Waals surface area contributed by atoms with Gasteiger partial charge in [-0.1, -0.05) is 0 Å². The lowest BCUT2D eigenvalue weighted by atomic mass is 9.90. The van der Waals surface area contributed by atoms with E-state index in [2.05, 4.69) is 17.1 Å². The smallest absolute Gasteiger partial charge is 0.254 e. The predicted molar refractivity (Wildman–Crippen MR) is 96.1 cm³/mol. The zero-order chi connectivity index (χ0) is 17.6. The van der Waals surface area contributed by atoms with Gasteiger partial charge in [-0.05, 0) is 55.0 Å². The summed E-state index contributed by atoms with van der Waals surface area (Å²) in [6.45, 7) is 1.57. The second-order valence-electron chi connectivity index (χ2n) is 6.40. The molecule has 0 atom stereocenters. The summed E-state index contributed by atoms with van der Waals surface area (Å²) < 4.78 is 10.5. The minimum Gasteiger partial charge on any atom is -0.497 e. The molecule has 25 heavy (non-hydrogen) atoms. The molecule has 1 aromatic heterocycles. The second kappa shape index (κ2) is 8.01. The molecule has 5 heteroatoms. The van der Waals surface area contributed by atoms with Gasteiger partial charge >= 0.3 is 0 Å². The van der Waals surface area contributed by atoms with Gasteiger partial charge in [-0.25, -0.2) is 0 Å². The summed E-state index contributed by atoms with van der Waals surface area (Å²) in [6.07, 6.45) is 6.77. The zero-order valence-corrected chi connectivity index (χ0v) is 14.8. The first-order chi connectivity index (χ1) is 12.2. The molecule has 0 bridgehead atoms. The Morgan fingerprint density at radius 3 is 2.24 bits per heavy atom. The summed E-state index contributed by atoms with van der Waals surface area (Å²) >= 11 is 0. The molecule has 132 valence electrons. The molecule has 0 N–H and O–H groups in total. The average Bonchev–Trinajstić information content (AvgIpc) is 2.68. The van der Waals surface area contributed by atoms with Crippen LogP contribution in [0.4, 0.5) is 0 Å². The number of carbonyl (C=O) groups is 1. The number of piperidine rings is 1. The number of likely N-dealkylation sites (tertiary alicyclic amines) is 1. The van der Waals surface area contributed by atoms with Crippen molar-refractivity contribution in [3.05, 3.63) is 53.9 Å². The van der Waals surface area contributed by atoms with Crippen LogP contribution in [0.3, 0.4) is 0 Å². The van der Waals surface area contributed by atoms with Crippen LogP contribution in [0.15, 0.2) is 42.7 Å². The molecule has 5 nitrogen and oxygen atoms in total. The first-order valence-electron chi connectivity index (χ1n) is 8.61. The van der Waals surface area contributed by atoms with Gasteiger partial charge in [0, 0.05) is 37.1 Å². The van der Waals surface area contributed by atoms with Crippen molar-refractivity contribution < 1.29 is 14.3 Å². The summed E-state index contributed by atoms with van der Waals surface area (Å²) in [5, 5.41) is 0. The van der Waals surface area contributed by atoms with Crippen LogP contribution in [0.1, 0.15) is 28.8 Å². The lowest BCUT2D eigenvalue weighted by Crippen LogP contribution is -2.38. The van der Waals surface area contributed by atoms with Crippen molar-refractivity contribution in [3.63, 3.8) is 0 Å².